The molecule has 0 aliphatic heterocycles. The molecule has 0 N–H and O–H groups in total. The van der Waals surface area contributed by atoms with Gasteiger partial charge in [-0.05, 0) is 127 Å². The van der Waals surface area contributed by atoms with Crippen LogP contribution in [-0.2, 0) is 5.41 Å². The molecule has 0 unspecified atom stereocenters. The molecule has 0 saturated heterocycles. The zero-order valence-electron chi connectivity index (χ0n) is 36.4. The van der Waals surface area contributed by atoms with E-state index >= 15 is 0 Å². The summed E-state index contributed by atoms with van der Waals surface area (Å²) in [4.78, 5) is 4.47. The minimum absolute atomic E-state index is 0.589. The maximum Gasteiger partial charge on any atom is 0.101 e. The first kappa shape index (κ1) is 39.4. The van der Waals surface area contributed by atoms with Gasteiger partial charge in [0.05, 0.1) is 33.6 Å². The Labute approximate surface area is 389 Å². The van der Waals surface area contributed by atoms with Gasteiger partial charge in [-0.25, -0.2) is 0 Å². The topological polar surface area (TPSA) is 54.1 Å². The first-order valence-corrected chi connectivity index (χ1v) is 22.6. The number of anilines is 6. The lowest BCUT2D eigenvalue weighted by Gasteiger charge is -2.36. The smallest absolute Gasteiger partial charge is 0.101 e. The van der Waals surface area contributed by atoms with Crippen molar-refractivity contribution in [2.24, 2.45) is 0 Å². The van der Waals surface area contributed by atoms with E-state index in [0.29, 0.717) is 11.1 Å². The summed E-state index contributed by atoms with van der Waals surface area (Å²) in [5, 5.41) is 27.8. The molecule has 4 nitrogen and oxygen atoms in total. The molecule has 4 heteroatoms. The Morgan fingerprint density at radius 2 is 0.761 bits per heavy atom. The van der Waals surface area contributed by atoms with E-state index in [-0.39, 0.29) is 0 Å². The SMILES string of the molecule is N#Cc1ccccc1N(c1ccccc1)c1ccc2c3c(c4ccccc4c2c1)-c1c(cc(N(c2ccccc2)c2ccccc2C#N)c2ccccc12)C3(c1ccccc1)c1ccccc1. The zero-order chi connectivity index (χ0) is 44.9. The molecule has 0 bridgehead atoms. The molecular formula is C63H40N4. The summed E-state index contributed by atoms with van der Waals surface area (Å²) in [6.07, 6.45) is 0. The molecule has 67 heavy (non-hydrogen) atoms. The Kier molecular flexibility index (Phi) is 9.46. The van der Waals surface area contributed by atoms with Crippen molar-refractivity contribution < 1.29 is 0 Å². The van der Waals surface area contributed by atoms with Crippen LogP contribution in [0.5, 0.6) is 0 Å². The number of hydrogen-bond donors (Lipinski definition) is 0. The maximum atomic E-state index is 10.6. The molecule has 0 spiro atoms. The summed E-state index contributed by atoms with van der Waals surface area (Å²) in [6, 6.07) is 90.3. The first-order valence-electron chi connectivity index (χ1n) is 22.6. The fraction of sp³-hybridized carbons (Fsp3) is 0.0159. The summed E-state index contributed by atoms with van der Waals surface area (Å²) in [7, 11) is 0. The predicted molar refractivity (Wildman–Crippen MR) is 275 cm³/mol. The van der Waals surface area contributed by atoms with Gasteiger partial charge < -0.3 is 9.80 Å². The molecule has 312 valence electrons. The standard InChI is InChI=1S/C63H40N4/c64-41-43-21-13-19-35-57(43)66(47-27-9-3-10-28-47)49-37-38-54-55(39-49)50-31-15-17-33-52(50)61-60-53-34-18-16-32-51(53)59(67(48-29-11-4-12-30-48)58-36-20-14-22-44(58)42-65)40-56(60)63(62(54)61,45-23-5-1-6-24-45)46-25-7-2-8-26-46/h1-40H. The summed E-state index contributed by atoms with van der Waals surface area (Å²) in [6.45, 7) is 0. The molecule has 0 radical (unpaired) electrons. The van der Waals surface area contributed by atoms with E-state index in [4.69, 9.17) is 0 Å². The van der Waals surface area contributed by atoms with Crippen LogP contribution in [0.1, 0.15) is 33.4 Å². The Bertz CT molecular complexity index is 3740. The van der Waals surface area contributed by atoms with Crippen LogP contribution < -0.4 is 9.80 Å². The fourth-order valence-electron chi connectivity index (χ4n) is 10.9. The van der Waals surface area contributed by atoms with Crippen LogP contribution in [-0.4, -0.2) is 0 Å². The monoisotopic (exact) mass is 852 g/mol. The molecule has 11 aromatic rings. The van der Waals surface area contributed by atoms with E-state index in [2.05, 4.69) is 198 Å². The van der Waals surface area contributed by atoms with Crippen LogP contribution in [0.2, 0.25) is 0 Å². The van der Waals surface area contributed by atoms with E-state index in [1.165, 1.54) is 22.3 Å². The number of benzene rings is 11. The molecule has 0 heterocycles. The predicted octanol–water partition coefficient (Wildman–Crippen LogP) is 16.2. The second kappa shape index (κ2) is 16.1. The van der Waals surface area contributed by atoms with Crippen molar-refractivity contribution in [3.8, 4) is 23.3 Å². The number of rotatable bonds is 8. The fourth-order valence-corrected chi connectivity index (χ4v) is 10.9. The molecular weight excluding hydrogens is 813 g/mol. The van der Waals surface area contributed by atoms with Gasteiger partial charge in [0, 0.05) is 22.4 Å². The molecule has 0 amide bonds. The Morgan fingerprint density at radius 3 is 1.33 bits per heavy atom. The lowest BCUT2D eigenvalue weighted by molar-refractivity contribution is 0.776. The van der Waals surface area contributed by atoms with Crippen molar-refractivity contribution in [3.63, 3.8) is 0 Å². The van der Waals surface area contributed by atoms with Gasteiger partial charge in [-0.1, -0.05) is 176 Å². The third kappa shape index (κ3) is 6.05. The highest BCUT2D eigenvalue weighted by Crippen LogP contribution is 2.63. The lowest BCUT2D eigenvalue weighted by Crippen LogP contribution is -2.29. The van der Waals surface area contributed by atoms with Gasteiger partial charge in [-0.15, -0.1) is 0 Å². The van der Waals surface area contributed by atoms with Crippen LogP contribution in [0, 0.1) is 22.7 Å². The van der Waals surface area contributed by atoms with Crippen LogP contribution in [0.3, 0.4) is 0 Å². The molecule has 0 fully saturated rings. The highest BCUT2D eigenvalue weighted by Gasteiger charge is 2.49. The van der Waals surface area contributed by atoms with Crippen LogP contribution >= 0.6 is 0 Å². The number of hydrogen-bond acceptors (Lipinski definition) is 4. The minimum atomic E-state index is -0.806. The van der Waals surface area contributed by atoms with Crippen LogP contribution in [0.25, 0.3) is 43.4 Å². The highest BCUT2D eigenvalue weighted by molar-refractivity contribution is 6.24. The molecule has 1 aliphatic carbocycles. The molecule has 0 saturated carbocycles. The molecule has 0 aromatic heterocycles. The van der Waals surface area contributed by atoms with Crippen molar-refractivity contribution in [1.29, 1.82) is 10.5 Å². The molecule has 1 aliphatic rings. The van der Waals surface area contributed by atoms with E-state index in [1.54, 1.807) is 0 Å². The number of fused-ring (bicyclic) bond motifs is 10. The average molecular weight is 853 g/mol. The second-order valence-electron chi connectivity index (χ2n) is 17.0. The Morgan fingerprint density at radius 1 is 0.313 bits per heavy atom. The van der Waals surface area contributed by atoms with Gasteiger partial charge in [-0.2, -0.15) is 10.5 Å². The molecule has 11 aromatic carbocycles. The average Bonchev–Trinajstić information content (AvgIpc) is 3.72. The number of nitrogens with zero attached hydrogens (tertiary/aromatic N) is 4. The molecule has 0 atom stereocenters. The van der Waals surface area contributed by atoms with E-state index < -0.39 is 5.41 Å². The van der Waals surface area contributed by atoms with Gasteiger partial charge in [0.25, 0.3) is 0 Å². The van der Waals surface area contributed by atoms with E-state index in [9.17, 15) is 10.5 Å². The highest BCUT2D eigenvalue weighted by atomic mass is 15.2. The lowest BCUT2D eigenvalue weighted by atomic mass is 9.66. The van der Waals surface area contributed by atoms with Gasteiger partial charge >= 0.3 is 0 Å². The Hall–Kier alpha value is -9.22. The summed E-state index contributed by atoms with van der Waals surface area (Å²) >= 11 is 0. The largest absolute Gasteiger partial charge is 0.309 e. The number of para-hydroxylation sites is 4. The van der Waals surface area contributed by atoms with Gasteiger partial charge in [0.1, 0.15) is 12.1 Å². The van der Waals surface area contributed by atoms with Gasteiger partial charge in [0.2, 0.25) is 0 Å². The van der Waals surface area contributed by atoms with E-state index in [0.717, 1.165) is 77.6 Å². The first-order chi connectivity index (χ1) is 33.2. The van der Waals surface area contributed by atoms with Crippen LogP contribution in [0.15, 0.2) is 243 Å². The van der Waals surface area contributed by atoms with Crippen molar-refractivity contribution in [2.75, 3.05) is 9.80 Å². The normalized spacial score (nSPS) is 12.3. The number of nitriles is 2. The van der Waals surface area contributed by atoms with Crippen LogP contribution in [0.4, 0.5) is 34.1 Å². The minimum Gasteiger partial charge on any atom is -0.309 e. The second-order valence-corrected chi connectivity index (χ2v) is 17.0. The van der Waals surface area contributed by atoms with Crippen molar-refractivity contribution >= 4 is 66.4 Å². The maximum absolute atomic E-state index is 10.6. The van der Waals surface area contributed by atoms with Gasteiger partial charge in [-0.3, -0.25) is 0 Å². The third-order valence-electron chi connectivity index (χ3n) is 13.5. The Balaban J connectivity index is 1.26. The van der Waals surface area contributed by atoms with Crippen molar-refractivity contribution in [3.05, 3.63) is 276 Å². The quantitative estimate of drug-likeness (QED) is 0.143. The van der Waals surface area contributed by atoms with Crippen molar-refractivity contribution in [2.45, 2.75) is 5.41 Å². The summed E-state index contributed by atoms with van der Waals surface area (Å²) in [5.41, 5.74) is 13.0. The summed E-state index contributed by atoms with van der Waals surface area (Å²) < 4.78 is 0. The zero-order valence-corrected chi connectivity index (χ0v) is 36.4. The molecule has 12 rings (SSSR count). The third-order valence-corrected chi connectivity index (χ3v) is 13.5. The van der Waals surface area contributed by atoms with Crippen molar-refractivity contribution in [1.82, 2.24) is 0 Å². The van der Waals surface area contributed by atoms with E-state index in [1.807, 2.05) is 66.7 Å². The summed E-state index contributed by atoms with van der Waals surface area (Å²) in [5.74, 6) is 0. The van der Waals surface area contributed by atoms with Gasteiger partial charge in [0.15, 0.2) is 0 Å².